The fraction of sp³-hybridized carbons (Fsp3) is 0. The Balaban J connectivity index is 0.000000180. The molecule has 0 fully saturated rings. The molecule has 0 aliphatic rings. The molecule has 0 spiro atoms. The van der Waals surface area contributed by atoms with Gasteiger partial charge >= 0.3 is 10.1 Å². The maximum absolute atomic E-state index is 10.3. The minimum Gasteiger partial charge on any atom is -0.281 e. The van der Waals surface area contributed by atoms with Crippen LogP contribution >= 0.6 is 11.3 Å². The smallest absolute Gasteiger partial charge is 0.281 e. The van der Waals surface area contributed by atoms with Gasteiger partial charge in [0.25, 0.3) is 5.69 Å². The van der Waals surface area contributed by atoms with Gasteiger partial charge in [0.2, 0.25) is 0 Å². The zero-order valence-electron chi connectivity index (χ0n) is 8.96. The summed E-state index contributed by atoms with van der Waals surface area (Å²) in [5.74, 6) is 0. The second-order valence-corrected chi connectivity index (χ2v) is 5.60. The molecule has 0 saturated heterocycles. The molecule has 6 nitrogen and oxygen atoms in total. The first-order valence-electron chi connectivity index (χ1n) is 4.61. The lowest BCUT2D eigenvalue weighted by atomic mass is 10.3. The highest BCUT2D eigenvalue weighted by Crippen LogP contribution is 2.14. The fourth-order valence-electron chi connectivity index (χ4n) is 0.960. The third kappa shape index (κ3) is 4.62. The van der Waals surface area contributed by atoms with Gasteiger partial charge in [-0.1, -0.05) is 24.3 Å². The normalized spacial score (nSPS) is 10.3. The summed E-state index contributed by atoms with van der Waals surface area (Å²) < 4.78 is 28.9. The monoisotopic (exact) mass is 287 g/mol. The predicted octanol–water partition coefficient (Wildman–Crippen LogP) is 2.59. The van der Waals surface area contributed by atoms with Crippen LogP contribution in [0, 0.1) is 10.1 Å². The van der Waals surface area contributed by atoms with Crippen LogP contribution in [0.3, 0.4) is 0 Å². The summed E-state index contributed by atoms with van der Waals surface area (Å²) in [6, 6.07) is 10.8. The summed E-state index contributed by atoms with van der Waals surface area (Å²) in [4.78, 5) is 9.59. The second kappa shape index (κ2) is 6.24. The molecule has 2 rings (SSSR count). The number of nitro groups is 1. The van der Waals surface area contributed by atoms with Gasteiger partial charge in [-0.05, 0) is 11.4 Å². The predicted molar refractivity (Wildman–Crippen MR) is 67.2 cm³/mol. The first kappa shape index (κ1) is 14.3. The summed E-state index contributed by atoms with van der Waals surface area (Å²) in [6.07, 6.45) is 0. The van der Waals surface area contributed by atoms with Crippen molar-refractivity contribution in [3.8, 4) is 0 Å². The van der Waals surface area contributed by atoms with E-state index in [4.69, 9.17) is 4.55 Å². The van der Waals surface area contributed by atoms with Crippen LogP contribution in [0.2, 0.25) is 0 Å². The van der Waals surface area contributed by atoms with Crippen molar-refractivity contribution in [1.82, 2.24) is 0 Å². The van der Waals surface area contributed by atoms with Crippen LogP contribution in [0.15, 0.2) is 52.1 Å². The zero-order chi connectivity index (χ0) is 13.6. The molecule has 0 bridgehead atoms. The van der Waals surface area contributed by atoms with Crippen molar-refractivity contribution in [2.24, 2.45) is 0 Å². The molecule has 18 heavy (non-hydrogen) atoms. The molecular formula is C10H9NO5S2. The molecule has 0 amide bonds. The summed E-state index contributed by atoms with van der Waals surface area (Å²) in [5, 5.41) is 11.6. The second-order valence-electron chi connectivity index (χ2n) is 3.00. The number of hydrogen-bond acceptors (Lipinski definition) is 5. The molecular weight excluding hydrogens is 278 g/mol. The number of hydrogen-bond donors (Lipinski definition) is 1. The van der Waals surface area contributed by atoms with Gasteiger partial charge in [0.05, 0.1) is 4.92 Å². The Morgan fingerprint density at radius 1 is 1.11 bits per heavy atom. The van der Waals surface area contributed by atoms with Crippen LogP contribution < -0.4 is 0 Å². The Kier molecular flexibility index (Phi) is 4.95. The number of benzene rings is 1. The molecule has 0 saturated carbocycles. The summed E-state index contributed by atoms with van der Waals surface area (Å²) in [7, 11) is -3.94. The average molecular weight is 287 g/mol. The van der Waals surface area contributed by atoms with Crippen LogP contribution in [0.4, 0.5) is 5.69 Å². The van der Waals surface area contributed by atoms with Crippen molar-refractivity contribution in [1.29, 1.82) is 0 Å². The summed E-state index contributed by atoms with van der Waals surface area (Å²) in [5.41, 5.74) is 0.137. The number of nitrogens with zero attached hydrogens (tertiary/aromatic N) is 1. The van der Waals surface area contributed by atoms with Crippen molar-refractivity contribution >= 4 is 27.1 Å². The van der Waals surface area contributed by atoms with Gasteiger partial charge in [0.1, 0.15) is 4.21 Å². The van der Waals surface area contributed by atoms with Crippen molar-refractivity contribution < 1.29 is 17.9 Å². The van der Waals surface area contributed by atoms with Crippen molar-refractivity contribution in [2.75, 3.05) is 0 Å². The minimum atomic E-state index is -3.94. The number of rotatable bonds is 2. The highest BCUT2D eigenvalue weighted by atomic mass is 32.3. The largest absolute Gasteiger partial charge is 0.304 e. The Morgan fingerprint density at radius 3 is 2.00 bits per heavy atom. The summed E-state index contributed by atoms with van der Waals surface area (Å²) in [6.45, 7) is 0. The van der Waals surface area contributed by atoms with Crippen LogP contribution in [0.25, 0.3) is 0 Å². The Hall–Kier alpha value is -1.77. The molecule has 2 aromatic rings. The number of non-ortho nitro benzene ring substituents is 1. The molecule has 0 unspecified atom stereocenters. The van der Waals surface area contributed by atoms with Crippen LogP contribution in [-0.2, 0) is 10.1 Å². The van der Waals surface area contributed by atoms with Crippen molar-refractivity contribution in [3.05, 3.63) is 58.0 Å². The molecule has 0 atom stereocenters. The van der Waals surface area contributed by atoms with Gasteiger partial charge in [-0.25, -0.2) is 0 Å². The van der Waals surface area contributed by atoms with Gasteiger partial charge in [-0.2, -0.15) is 8.42 Å². The van der Waals surface area contributed by atoms with Crippen LogP contribution in [0.1, 0.15) is 0 Å². The lowest BCUT2D eigenvalue weighted by molar-refractivity contribution is -0.384. The van der Waals surface area contributed by atoms with E-state index >= 15 is 0 Å². The van der Waals surface area contributed by atoms with E-state index in [2.05, 4.69) is 0 Å². The van der Waals surface area contributed by atoms with Gasteiger partial charge in [-0.15, -0.1) is 11.3 Å². The van der Waals surface area contributed by atoms with Crippen LogP contribution in [-0.4, -0.2) is 17.9 Å². The van der Waals surface area contributed by atoms with Gasteiger partial charge in [-0.3, -0.25) is 14.7 Å². The van der Waals surface area contributed by atoms with Crippen molar-refractivity contribution in [3.63, 3.8) is 0 Å². The molecule has 1 aromatic carbocycles. The first-order valence-corrected chi connectivity index (χ1v) is 6.93. The maximum Gasteiger partial charge on any atom is 0.304 e. The maximum atomic E-state index is 10.3. The van der Waals surface area contributed by atoms with E-state index in [1.807, 2.05) is 0 Å². The van der Waals surface area contributed by atoms with E-state index in [-0.39, 0.29) is 9.90 Å². The van der Waals surface area contributed by atoms with E-state index in [0.29, 0.717) is 0 Å². The topological polar surface area (TPSA) is 97.5 Å². The van der Waals surface area contributed by atoms with E-state index < -0.39 is 15.0 Å². The van der Waals surface area contributed by atoms with Gasteiger partial charge in [0.15, 0.2) is 0 Å². The van der Waals surface area contributed by atoms with Gasteiger partial charge < -0.3 is 0 Å². The molecule has 96 valence electrons. The number of nitro benzene ring substituents is 1. The SMILES string of the molecule is O=S(=O)(O)c1cccs1.O=[N+]([O-])c1ccccc1. The molecule has 8 heteroatoms. The molecule has 1 heterocycles. The Bertz CT molecular complexity index is 592. The molecule has 0 aliphatic heterocycles. The average Bonchev–Trinajstić information content (AvgIpc) is 2.84. The Labute approximate surface area is 107 Å². The summed E-state index contributed by atoms with van der Waals surface area (Å²) >= 11 is 0.992. The van der Waals surface area contributed by atoms with Crippen molar-refractivity contribution in [2.45, 2.75) is 4.21 Å². The fourth-order valence-corrected chi connectivity index (χ4v) is 2.31. The Morgan fingerprint density at radius 2 is 1.72 bits per heavy atom. The number of para-hydroxylation sites is 1. The highest BCUT2D eigenvalue weighted by molar-refractivity contribution is 7.88. The zero-order valence-corrected chi connectivity index (χ0v) is 10.6. The number of thiophene rings is 1. The molecule has 0 radical (unpaired) electrons. The standard InChI is InChI=1S/C6H5NO2.C4H4O3S2/c8-7(9)6-4-2-1-3-5-6;5-9(6,7)4-2-1-3-8-4/h1-5H;1-3H,(H,5,6,7). The minimum absolute atomic E-state index is 0.0116. The third-order valence-electron chi connectivity index (χ3n) is 1.72. The van der Waals surface area contributed by atoms with E-state index in [1.165, 1.54) is 18.2 Å². The lowest BCUT2D eigenvalue weighted by Gasteiger charge is -1.85. The van der Waals surface area contributed by atoms with Gasteiger partial charge in [0, 0.05) is 12.1 Å². The molecule has 0 aliphatic carbocycles. The quantitative estimate of drug-likeness (QED) is 0.520. The first-order chi connectivity index (χ1) is 8.41. The molecule has 1 N–H and O–H groups in total. The van der Waals surface area contributed by atoms with E-state index in [1.54, 1.807) is 29.6 Å². The van der Waals surface area contributed by atoms with Crippen LogP contribution in [0.5, 0.6) is 0 Å². The van der Waals surface area contributed by atoms with E-state index in [0.717, 1.165) is 11.3 Å². The van der Waals surface area contributed by atoms with E-state index in [9.17, 15) is 18.5 Å². The lowest BCUT2D eigenvalue weighted by Crippen LogP contribution is -1.92. The highest BCUT2D eigenvalue weighted by Gasteiger charge is 2.08. The molecule has 1 aromatic heterocycles. The third-order valence-corrected chi connectivity index (χ3v) is 3.94.